The molecule has 0 fully saturated rings. The summed E-state index contributed by atoms with van der Waals surface area (Å²) < 4.78 is 24.1. The summed E-state index contributed by atoms with van der Waals surface area (Å²) in [5, 5.41) is 11.9. The van der Waals surface area contributed by atoms with Crippen molar-refractivity contribution in [2.24, 2.45) is 0 Å². The summed E-state index contributed by atoms with van der Waals surface area (Å²) in [5.74, 6) is 0.0635. The summed E-state index contributed by atoms with van der Waals surface area (Å²) in [7, 11) is -3.30. The lowest BCUT2D eigenvalue weighted by atomic mass is 10.2. The molecule has 0 spiro atoms. The quantitative estimate of drug-likeness (QED) is 0.740. The second-order valence-corrected chi connectivity index (χ2v) is 6.52. The summed E-state index contributed by atoms with van der Waals surface area (Å²) in [6, 6.07) is 8.10. The van der Waals surface area contributed by atoms with Crippen LogP contribution in [0, 0.1) is 11.3 Å². The predicted octanol–water partition coefficient (Wildman–Crippen LogP) is 2.11. The molecule has 1 N–H and O–H groups in total. The van der Waals surface area contributed by atoms with Crippen LogP contribution >= 0.6 is 0 Å². The molecule has 0 aliphatic carbocycles. The van der Waals surface area contributed by atoms with Crippen molar-refractivity contribution in [1.82, 2.24) is 5.32 Å². The van der Waals surface area contributed by atoms with Gasteiger partial charge in [0.25, 0.3) is 0 Å². The van der Waals surface area contributed by atoms with E-state index in [1.54, 1.807) is 12.1 Å². The second kappa shape index (κ2) is 7.93. The summed E-state index contributed by atoms with van der Waals surface area (Å²) >= 11 is 0. The van der Waals surface area contributed by atoms with Crippen LogP contribution in [0.5, 0.6) is 0 Å². The lowest BCUT2D eigenvalue weighted by molar-refractivity contribution is 0.586. The number of hydrogen-bond acceptors (Lipinski definition) is 4. The van der Waals surface area contributed by atoms with E-state index in [1.807, 2.05) is 6.07 Å². The van der Waals surface area contributed by atoms with Crippen molar-refractivity contribution in [1.29, 1.82) is 5.26 Å². The minimum atomic E-state index is -3.30. The van der Waals surface area contributed by atoms with Crippen molar-refractivity contribution in [2.75, 3.05) is 18.8 Å². The fraction of sp³-hybridized carbons (Fsp3) is 0.500. The molecule has 0 amide bonds. The number of nitriles is 1. The summed E-state index contributed by atoms with van der Waals surface area (Å²) in [4.78, 5) is 0.224. The van der Waals surface area contributed by atoms with Gasteiger partial charge >= 0.3 is 0 Å². The Hall–Kier alpha value is -1.38. The lowest BCUT2D eigenvalue weighted by Crippen LogP contribution is -2.24. The molecule has 0 bridgehead atoms. The maximum absolute atomic E-state index is 12.0. The first kappa shape index (κ1) is 15.7. The largest absolute Gasteiger partial charge is 0.316 e. The summed E-state index contributed by atoms with van der Waals surface area (Å²) in [6.07, 6.45) is 3.38. The third kappa shape index (κ3) is 5.41. The lowest BCUT2D eigenvalue weighted by Gasteiger charge is -2.06. The molecule has 0 aromatic heterocycles. The number of nitrogens with zero attached hydrogens (tertiary/aromatic N) is 1. The van der Waals surface area contributed by atoms with E-state index in [0.717, 1.165) is 25.8 Å². The smallest absolute Gasteiger partial charge is 0.179 e. The van der Waals surface area contributed by atoms with Crippen LogP contribution < -0.4 is 5.32 Å². The fourth-order valence-electron chi connectivity index (χ4n) is 1.71. The van der Waals surface area contributed by atoms with E-state index in [-0.39, 0.29) is 10.6 Å². The van der Waals surface area contributed by atoms with Crippen molar-refractivity contribution in [3.8, 4) is 6.07 Å². The monoisotopic (exact) mass is 280 g/mol. The molecule has 1 aromatic carbocycles. The zero-order valence-electron chi connectivity index (χ0n) is 11.2. The first-order chi connectivity index (χ1) is 9.10. The molecule has 0 aliphatic heterocycles. The van der Waals surface area contributed by atoms with Gasteiger partial charge in [-0.1, -0.05) is 25.8 Å². The van der Waals surface area contributed by atoms with E-state index < -0.39 is 9.84 Å². The van der Waals surface area contributed by atoms with Gasteiger partial charge in [-0.3, -0.25) is 0 Å². The molecule has 104 valence electrons. The Morgan fingerprint density at radius 3 is 2.74 bits per heavy atom. The van der Waals surface area contributed by atoms with Gasteiger partial charge < -0.3 is 5.32 Å². The number of nitrogens with one attached hydrogen (secondary N) is 1. The molecule has 0 atom stereocenters. The molecule has 5 heteroatoms. The average Bonchev–Trinajstić information content (AvgIpc) is 2.43. The van der Waals surface area contributed by atoms with Gasteiger partial charge in [0.15, 0.2) is 9.84 Å². The van der Waals surface area contributed by atoms with Crippen LogP contribution in [0.1, 0.15) is 31.7 Å². The Morgan fingerprint density at radius 2 is 2.05 bits per heavy atom. The Kier molecular flexibility index (Phi) is 6.54. The molecule has 0 unspecified atom stereocenters. The highest BCUT2D eigenvalue weighted by atomic mass is 32.2. The van der Waals surface area contributed by atoms with E-state index in [4.69, 9.17) is 5.26 Å². The third-order valence-electron chi connectivity index (χ3n) is 2.83. The van der Waals surface area contributed by atoms with Crippen LogP contribution in [0.25, 0.3) is 0 Å². The number of rotatable bonds is 8. The first-order valence-corrected chi connectivity index (χ1v) is 8.19. The predicted molar refractivity (Wildman–Crippen MR) is 75.6 cm³/mol. The van der Waals surface area contributed by atoms with Crippen LogP contribution in [0.15, 0.2) is 29.2 Å². The van der Waals surface area contributed by atoms with Crippen molar-refractivity contribution in [3.05, 3.63) is 29.8 Å². The fourth-order valence-corrected chi connectivity index (χ4v) is 2.95. The van der Waals surface area contributed by atoms with Crippen LogP contribution in [0.2, 0.25) is 0 Å². The molecule has 0 saturated heterocycles. The van der Waals surface area contributed by atoms with E-state index in [2.05, 4.69) is 12.2 Å². The van der Waals surface area contributed by atoms with E-state index in [9.17, 15) is 8.42 Å². The van der Waals surface area contributed by atoms with Gasteiger partial charge in [0, 0.05) is 6.54 Å². The SMILES string of the molecule is CCCCCNCCS(=O)(=O)c1cccc(C#N)c1. The highest BCUT2D eigenvalue weighted by molar-refractivity contribution is 7.91. The van der Waals surface area contributed by atoms with Gasteiger partial charge in [0.05, 0.1) is 22.3 Å². The average molecular weight is 280 g/mol. The van der Waals surface area contributed by atoms with Crippen LogP contribution in [-0.4, -0.2) is 27.3 Å². The van der Waals surface area contributed by atoms with E-state index in [1.165, 1.54) is 12.1 Å². The normalized spacial score (nSPS) is 11.2. The molecule has 0 saturated carbocycles. The third-order valence-corrected chi connectivity index (χ3v) is 4.54. The van der Waals surface area contributed by atoms with Gasteiger partial charge in [0.1, 0.15) is 0 Å². The Balaban J connectivity index is 2.49. The zero-order valence-corrected chi connectivity index (χ0v) is 12.0. The molecule has 1 aromatic rings. The molecule has 19 heavy (non-hydrogen) atoms. The molecular formula is C14H20N2O2S. The molecular weight excluding hydrogens is 260 g/mol. The van der Waals surface area contributed by atoms with Crippen LogP contribution in [0.4, 0.5) is 0 Å². The number of benzene rings is 1. The Morgan fingerprint density at radius 1 is 1.26 bits per heavy atom. The van der Waals surface area contributed by atoms with Gasteiger partial charge in [-0.15, -0.1) is 0 Å². The highest BCUT2D eigenvalue weighted by Gasteiger charge is 2.14. The van der Waals surface area contributed by atoms with Gasteiger partial charge in [-0.05, 0) is 31.2 Å². The number of unbranched alkanes of at least 4 members (excludes halogenated alkanes) is 2. The molecule has 0 aliphatic rings. The number of sulfone groups is 1. The van der Waals surface area contributed by atoms with Crippen LogP contribution in [0.3, 0.4) is 0 Å². The van der Waals surface area contributed by atoms with Crippen molar-refractivity contribution in [3.63, 3.8) is 0 Å². The van der Waals surface area contributed by atoms with Gasteiger partial charge in [-0.25, -0.2) is 8.42 Å². The topological polar surface area (TPSA) is 70.0 Å². The van der Waals surface area contributed by atoms with E-state index in [0.29, 0.717) is 12.1 Å². The summed E-state index contributed by atoms with van der Waals surface area (Å²) in [5.41, 5.74) is 0.372. The molecule has 0 radical (unpaired) electrons. The van der Waals surface area contributed by atoms with Gasteiger partial charge in [-0.2, -0.15) is 5.26 Å². The Labute approximate surface area is 115 Å². The zero-order chi connectivity index (χ0) is 14.1. The first-order valence-electron chi connectivity index (χ1n) is 6.54. The molecule has 0 heterocycles. The second-order valence-electron chi connectivity index (χ2n) is 4.42. The Bertz CT molecular complexity index is 533. The molecule has 1 rings (SSSR count). The van der Waals surface area contributed by atoms with Crippen LogP contribution in [-0.2, 0) is 9.84 Å². The van der Waals surface area contributed by atoms with Crippen molar-refractivity contribution < 1.29 is 8.42 Å². The standard InChI is InChI=1S/C14H20N2O2S/c1-2-3-4-8-16-9-10-19(17,18)14-7-5-6-13(11-14)12-15/h5-7,11,16H,2-4,8-10H2,1H3. The molecule has 4 nitrogen and oxygen atoms in total. The van der Waals surface area contributed by atoms with Crippen molar-refractivity contribution in [2.45, 2.75) is 31.1 Å². The summed E-state index contributed by atoms with van der Waals surface area (Å²) in [6.45, 7) is 3.43. The van der Waals surface area contributed by atoms with Crippen molar-refractivity contribution >= 4 is 9.84 Å². The highest BCUT2D eigenvalue weighted by Crippen LogP contribution is 2.12. The maximum atomic E-state index is 12.0. The minimum Gasteiger partial charge on any atom is -0.316 e. The maximum Gasteiger partial charge on any atom is 0.179 e. The number of hydrogen-bond donors (Lipinski definition) is 1. The minimum absolute atomic E-state index is 0.0635. The van der Waals surface area contributed by atoms with Gasteiger partial charge in [0.2, 0.25) is 0 Å². The van der Waals surface area contributed by atoms with E-state index >= 15 is 0 Å².